The number of aromatic nitrogens is 2. The first-order chi connectivity index (χ1) is 13.9. The van der Waals surface area contributed by atoms with Crippen molar-refractivity contribution in [3.05, 3.63) is 74.6 Å². The van der Waals surface area contributed by atoms with Gasteiger partial charge in [0.2, 0.25) is 11.8 Å². The molecule has 0 aliphatic heterocycles. The Morgan fingerprint density at radius 1 is 1.24 bits per heavy atom. The molecule has 0 bridgehead atoms. The first kappa shape index (κ1) is 19.1. The highest BCUT2D eigenvalue weighted by Gasteiger charge is 2.35. The lowest BCUT2D eigenvalue weighted by Gasteiger charge is -2.20. The minimum Gasteiger partial charge on any atom is -0.419 e. The lowest BCUT2D eigenvalue weighted by atomic mass is 10.1. The van der Waals surface area contributed by atoms with Crippen LogP contribution in [-0.2, 0) is 6.54 Å². The van der Waals surface area contributed by atoms with Crippen molar-refractivity contribution in [3.8, 4) is 11.5 Å². The Morgan fingerprint density at radius 2 is 1.97 bits per heavy atom. The third-order valence-corrected chi connectivity index (χ3v) is 5.02. The van der Waals surface area contributed by atoms with Crippen LogP contribution in [-0.4, -0.2) is 32.0 Å². The molecule has 1 aliphatic carbocycles. The van der Waals surface area contributed by atoms with Crippen LogP contribution in [0.4, 0.5) is 5.69 Å². The predicted molar refractivity (Wildman–Crippen MR) is 105 cm³/mol. The van der Waals surface area contributed by atoms with Gasteiger partial charge in [-0.3, -0.25) is 14.9 Å². The Kier molecular flexibility index (Phi) is 5.02. The van der Waals surface area contributed by atoms with Crippen LogP contribution in [0.25, 0.3) is 11.5 Å². The van der Waals surface area contributed by atoms with E-state index in [4.69, 9.17) is 16.0 Å². The van der Waals surface area contributed by atoms with E-state index < -0.39 is 4.92 Å². The lowest BCUT2D eigenvalue weighted by molar-refractivity contribution is -0.385. The fourth-order valence-electron chi connectivity index (χ4n) is 3.03. The Hall–Kier alpha value is -3.26. The summed E-state index contributed by atoms with van der Waals surface area (Å²) in [5.74, 6) is 0.351. The quantitative estimate of drug-likeness (QED) is 0.439. The van der Waals surface area contributed by atoms with Gasteiger partial charge in [-0.05, 0) is 50.1 Å². The number of rotatable bonds is 6. The van der Waals surface area contributed by atoms with E-state index in [1.807, 2.05) is 0 Å². The molecule has 1 aromatic heterocycles. The number of carbonyl (C=O) groups excluding carboxylic acids is 1. The Balaban J connectivity index is 1.56. The molecule has 3 aromatic rings. The average Bonchev–Trinajstić information content (AvgIpc) is 3.44. The number of hydrogen-bond acceptors (Lipinski definition) is 6. The van der Waals surface area contributed by atoms with Gasteiger partial charge in [-0.15, -0.1) is 10.2 Å². The summed E-state index contributed by atoms with van der Waals surface area (Å²) >= 11 is 5.90. The van der Waals surface area contributed by atoms with E-state index >= 15 is 0 Å². The van der Waals surface area contributed by atoms with Crippen molar-refractivity contribution >= 4 is 23.2 Å². The highest BCUT2D eigenvalue weighted by Crippen LogP contribution is 2.31. The first-order valence-electron chi connectivity index (χ1n) is 9.06. The fraction of sp³-hybridized carbons (Fsp3) is 0.250. The van der Waals surface area contributed by atoms with Crippen LogP contribution in [0.5, 0.6) is 0 Å². The van der Waals surface area contributed by atoms with Gasteiger partial charge >= 0.3 is 0 Å². The maximum Gasteiger partial charge on any atom is 0.273 e. The van der Waals surface area contributed by atoms with Crippen LogP contribution < -0.4 is 0 Å². The van der Waals surface area contributed by atoms with Crippen LogP contribution in [0.1, 0.15) is 34.7 Å². The van der Waals surface area contributed by atoms with Crippen molar-refractivity contribution in [3.63, 3.8) is 0 Å². The molecule has 1 saturated carbocycles. The molecule has 1 aliphatic rings. The summed E-state index contributed by atoms with van der Waals surface area (Å²) in [5, 5.41) is 19.9. The molecular weight excluding hydrogens is 396 g/mol. The second kappa shape index (κ2) is 7.63. The largest absolute Gasteiger partial charge is 0.419 e. The molecule has 8 nitrogen and oxygen atoms in total. The number of benzene rings is 2. The van der Waals surface area contributed by atoms with Gasteiger partial charge in [-0.2, -0.15) is 0 Å². The van der Waals surface area contributed by atoms with Gasteiger partial charge in [-0.1, -0.05) is 17.7 Å². The number of hydrogen-bond donors (Lipinski definition) is 0. The Bertz CT molecular complexity index is 1080. The average molecular weight is 413 g/mol. The molecule has 0 saturated heterocycles. The van der Waals surface area contributed by atoms with Crippen molar-refractivity contribution in [2.75, 3.05) is 0 Å². The van der Waals surface area contributed by atoms with E-state index in [0.29, 0.717) is 22.4 Å². The van der Waals surface area contributed by atoms with E-state index in [1.54, 1.807) is 48.2 Å². The second-order valence-electron chi connectivity index (χ2n) is 6.93. The van der Waals surface area contributed by atoms with Gasteiger partial charge < -0.3 is 9.32 Å². The van der Waals surface area contributed by atoms with E-state index in [1.165, 1.54) is 6.07 Å². The van der Waals surface area contributed by atoms with Crippen molar-refractivity contribution in [2.24, 2.45) is 0 Å². The summed E-state index contributed by atoms with van der Waals surface area (Å²) in [5.41, 5.74) is 1.43. The van der Waals surface area contributed by atoms with Crippen LogP contribution in [0.3, 0.4) is 0 Å². The molecule has 9 heteroatoms. The van der Waals surface area contributed by atoms with Gasteiger partial charge in [0.05, 0.1) is 11.5 Å². The molecule has 0 N–H and O–H groups in total. The highest BCUT2D eigenvalue weighted by atomic mass is 35.5. The number of nitro groups is 1. The number of aryl methyl sites for hydroxylation is 1. The van der Waals surface area contributed by atoms with E-state index in [-0.39, 0.29) is 29.7 Å². The minimum absolute atomic E-state index is 0.0636. The SMILES string of the molecule is Cc1ccc(C(=O)N(Cc2nnc(-c3ccc(Cl)cc3)o2)C2CC2)cc1[N+](=O)[O-]. The summed E-state index contributed by atoms with van der Waals surface area (Å²) in [4.78, 5) is 25.4. The summed E-state index contributed by atoms with van der Waals surface area (Å²) in [6.07, 6.45) is 1.75. The molecule has 0 radical (unpaired) electrons. The summed E-state index contributed by atoms with van der Waals surface area (Å²) in [6, 6.07) is 11.6. The zero-order valence-electron chi connectivity index (χ0n) is 15.5. The number of amides is 1. The van der Waals surface area contributed by atoms with Crippen LogP contribution in [0, 0.1) is 17.0 Å². The Morgan fingerprint density at radius 3 is 2.62 bits per heavy atom. The van der Waals surface area contributed by atoms with Crippen molar-refractivity contribution in [1.82, 2.24) is 15.1 Å². The molecule has 1 amide bonds. The topological polar surface area (TPSA) is 102 Å². The molecule has 148 valence electrons. The maximum absolute atomic E-state index is 13.0. The predicted octanol–water partition coefficient (Wildman–Crippen LogP) is 4.41. The summed E-state index contributed by atoms with van der Waals surface area (Å²) < 4.78 is 5.72. The van der Waals surface area contributed by atoms with Crippen molar-refractivity contribution < 1.29 is 14.1 Å². The molecule has 29 heavy (non-hydrogen) atoms. The minimum atomic E-state index is -0.482. The third kappa shape index (κ3) is 4.12. The zero-order valence-corrected chi connectivity index (χ0v) is 16.3. The third-order valence-electron chi connectivity index (χ3n) is 4.76. The maximum atomic E-state index is 13.0. The highest BCUT2D eigenvalue weighted by molar-refractivity contribution is 6.30. The van der Waals surface area contributed by atoms with Crippen LogP contribution in [0.15, 0.2) is 46.9 Å². The number of halogens is 1. The van der Waals surface area contributed by atoms with Gasteiger partial charge in [0.25, 0.3) is 11.6 Å². The second-order valence-corrected chi connectivity index (χ2v) is 7.37. The van der Waals surface area contributed by atoms with E-state index in [0.717, 1.165) is 18.4 Å². The molecule has 0 atom stereocenters. The molecule has 2 aromatic carbocycles. The monoisotopic (exact) mass is 412 g/mol. The fourth-order valence-corrected chi connectivity index (χ4v) is 3.16. The van der Waals surface area contributed by atoms with Crippen LogP contribution >= 0.6 is 11.6 Å². The van der Waals surface area contributed by atoms with E-state index in [2.05, 4.69) is 10.2 Å². The van der Waals surface area contributed by atoms with Crippen LogP contribution in [0.2, 0.25) is 5.02 Å². The van der Waals surface area contributed by atoms with E-state index in [9.17, 15) is 14.9 Å². The molecule has 1 heterocycles. The lowest BCUT2D eigenvalue weighted by Crippen LogP contribution is -2.32. The number of carbonyl (C=O) groups is 1. The number of nitro benzene ring substituents is 1. The van der Waals surface area contributed by atoms with Crippen molar-refractivity contribution in [1.29, 1.82) is 0 Å². The molecule has 0 unspecified atom stereocenters. The molecular formula is C20H17ClN4O4. The standard InChI is InChI=1S/C20H17ClN4O4/c1-12-2-3-14(10-17(12)25(27)28)20(26)24(16-8-9-16)11-18-22-23-19(29-18)13-4-6-15(21)7-5-13/h2-7,10,16H,8-9,11H2,1H3. The normalized spacial score (nSPS) is 13.3. The number of nitrogens with zero attached hydrogens (tertiary/aromatic N) is 4. The summed E-state index contributed by atoms with van der Waals surface area (Å²) in [6.45, 7) is 1.79. The molecule has 4 rings (SSSR count). The van der Waals surface area contributed by atoms with Gasteiger partial charge in [-0.25, -0.2) is 0 Å². The Labute approximate surface area is 171 Å². The van der Waals surface area contributed by atoms with Crippen molar-refractivity contribution in [2.45, 2.75) is 32.4 Å². The zero-order chi connectivity index (χ0) is 20.5. The van der Waals surface area contributed by atoms with Gasteiger partial charge in [0.1, 0.15) is 0 Å². The molecule has 1 fully saturated rings. The summed E-state index contributed by atoms with van der Waals surface area (Å²) in [7, 11) is 0. The molecule has 0 spiro atoms. The smallest absolute Gasteiger partial charge is 0.273 e. The van der Waals surface area contributed by atoms with Gasteiger partial charge in [0, 0.05) is 33.8 Å². The first-order valence-corrected chi connectivity index (χ1v) is 9.44. The van der Waals surface area contributed by atoms with Gasteiger partial charge in [0.15, 0.2) is 0 Å².